The molecule has 0 aromatic rings. The summed E-state index contributed by atoms with van der Waals surface area (Å²) in [6.07, 6.45) is 6.30. The standard InChI is InChI=1S/C11H20N2O/c1-14-8-6-11(4-5-11)9-13-10-3-2-7-12-10/h2-9H2,1H3,(H,12,13). The second kappa shape index (κ2) is 4.30. The molecular formula is C11H20N2O. The third kappa shape index (κ3) is 2.47. The first kappa shape index (κ1) is 9.97. The minimum atomic E-state index is 0.543. The predicted molar refractivity (Wildman–Crippen MR) is 57.7 cm³/mol. The fourth-order valence-electron chi connectivity index (χ4n) is 1.98. The maximum atomic E-state index is 5.13. The van der Waals surface area contributed by atoms with E-state index in [1.165, 1.54) is 31.5 Å². The number of hydrogen-bond donors (Lipinski definition) is 1. The highest BCUT2D eigenvalue weighted by atomic mass is 16.5. The van der Waals surface area contributed by atoms with Crippen molar-refractivity contribution in [2.75, 3.05) is 26.8 Å². The van der Waals surface area contributed by atoms with Crippen LogP contribution in [0.2, 0.25) is 0 Å². The monoisotopic (exact) mass is 196 g/mol. The van der Waals surface area contributed by atoms with Crippen molar-refractivity contribution in [3.63, 3.8) is 0 Å². The second-order valence-corrected chi connectivity index (χ2v) is 4.53. The van der Waals surface area contributed by atoms with Crippen LogP contribution in [-0.4, -0.2) is 32.6 Å². The molecule has 14 heavy (non-hydrogen) atoms. The molecule has 1 saturated carbocycles. The number of rotatable bonds is 5. The van der Waals surface area contributed by atoms with Gasteiger partial charge in [-0.05, 0) is 31.1 Å². The van der Waals surface area contributed by atoms with Crippen LogP contribution in [0.4, 0.5) is 0 Å². The molecule has 2 rings (SSSR count). The van der Waals surface area contributed by atoms with E-state index in [1.807, 2.05) is 0 Å². The summed E-state index contributed by atoms with van der Waals surface area (Å²) in [5.41, 5.74) is 0.543. The van der Waals surface area contributed by atoms with Crippen LogP contribution in [0.25, 0.3) is 0 Å². The van der Waals surface area contributed by atoms with Gasteiger partial charge in [-0.3, -0.25) is 4.99 Å². The summed E-state index contributed by atoms with van der Waals surface area (Å²) >= 11 is 0. The van der Waals surface area contributed by atoms with Crippen molar-refractivity contribution in [2.45, 2.75) is 32.1 Å². The van der Waals surface area contributed by atoms with Gasteiger partial charge in [-0.1, -0.05) is 0 Å². The van der Waals surface area contributed by atoms with Gasteiger partial charge >= 0.3 is 0 Å². The molecule has 0 radical (unpaired) electrons. The van der Waals surface area contributed by atoms with E-state index in [1.54, 1.807) is 7.11 Å². The average molecular weight is 196 g/mol. The van der Waals surface area contributed by atoms with E-state index in [0.29, 0.717) is 5.41 Å². The molecule has 0 spiro atoms. The molecule has 1 aliphatic heterocycles. The number of ether oxygens (including phenoxy) is 1. The van der Waals surface area contributed by atoms with Crippen LogP contribution in [0.1, 0.15) is 32.1 Å². The molecule has 0 bridgehead atoms. The van der Waals surface area contributed by atoms with Crippen molar-refractivity contribution < 1.29 is 4.74 Å². The van der Waals surface area contributed by atoms with E-state index < -0.39 is 0 Å². The Hall–Kier alpha value is -0.570. The highest BCUT2D eigenvalue weighted by Crippen LogP contribution is 2.48. The van der Waals surface area contributed by atoms with E-state index >= 15 is 0 Å². The summed E-state index contributed by atoms with van der Waals surface area (Å²) in [6.45, 7) is 3.02. The average Bonchev–Trinajstić information content (AvgIpc) is 2.77. The zero-order valence-electron chi connectivity index (χ0n) is 9.01. The molecule has 0 unspecified atom stereocenters. The summed E-state index contributed by atoms with van der Waals surface area (Å²) in [6, 6.07) is 0. The van der Waals surface area contributed by atoms with Crippen molar-refractivity contribution >= 4 is 5.84 Å². The lowest BCUT2D eigenvalue weighted by Crippen LogP contribution is -2.29. The number of methoxy groups -OCH3 is 1. The van der Waals surface area contributed by atoms with Gasteiger partial charge in [0, 0.05) is 33.2 Å². The molecule has 0 aromatic heterocycles. The van der Waals surface area contributed by atoms with Gasteiger partial charge in [-0.15, -0.1) is 0 Å². The van der Waals surface area contributed by atoms with Crippen molar-refractivity contribution in [3.8, 4) is 0 Å². The lowest BCUT2D eigenvalue weighted by molar-refractivity contribution is 0.172. The molecular weight excluding hydrogens is 176 g/mol. The first-order valence-corrected chi connectivity index (χ1v) is 5.61. The summed E-state index contributed by atoms with van der Waals surface area (Å²) in [5.74, 6) is 1.23. The van der Waals surface area contributed by atoms with Crippen LogP contribution in [0, 0.1) is 5.41 Å². The minimum absolute atomic E-state index is 0.543. The third-order valence-corrected chi connectivity index (χ3v) is 3.34. The smallest absolute Gasteiger partial charge is 0.0963 e. The van der Waals surface area contributed by atoms with Crippen LogP contribution in [-0.2, 0) is 4.74 Å². The van der Waals surface area contributed by atoms with E-state index in [-0.39, 0.29) is 0 Å². The quantitative estimate of drug-likeness (QED) is 0.724. The van der Waals surface area contributed by atoms with Gasteiger partial charge in [-0.25, -0.2) is 0 Å². The van der Waals surface area contributed by atoms with E-state index in [0.717, 1.165) is 26.1 Å². The fourth-order valence-corrected chi connectivity index (χ4v) is 1.98. The Kier molecular flexibility index (Phi) is 3.06. The van der Waals surface area contributed by atoms with Crippen LogP contribution < -0.4 is 5.32 Å². The van der Waals surface area contributed by atoms with Crippen molar-refractivity contribution in [1.82, 2.24) is 5.32 Å². The topological polar surface area (TPSA) is 33.6 Å². The maximum Gasteiger partial charge on any atom is 0.0963 e. The molecule has 0 aromatic carbocycles. The van der Waals surface area contributed by atoms with Crippen molar-refractivity contribution in [2.24, 2.45) is 10.4 Å². The molecule has 1 aliphatic carbocycles. The molecule has 3 nitrogen and oxygen atoms in total. The van der Waals surface area contributed by atoms with Gasteiger partial charge in [0.05, 0.1) is 5.84 Å². The fraction of sp³-hybridized carbons (Fsp3) is 0.909. The molecule has 3 heteroatoms. The molecule has 80 valence electrons. The van der Waals surface area contributed by atoms with Gasteiger partial charge in [-0.2, -0.15) is 0 Å². The zero-order valence-corrected chi connectivity index (χ0v) is 9.01. The van der Waals surface area contributed by atoms with Crippen molar-refractivity contribution in [3.05, 3.63) is 0 Å². The van der Waals surface area contributed by atoms with E-state index in [9.17, 15) is 0 Å². The summed E-state index contributed by atoms with van der Waals surface area (Å²) in [7, 11) is 1.78. The minimum Gasteiger partial charge on any atom is -0.385 e. The largest absolute Gasteiger partial charge is 0.385 e. The maximum absolute atomic E-state index is 5.13. The highest BCUT2D eigenvalue weighted by molar-refractivity contribution is 5.83. The van der Waals surface area contributed by atoms with Gasteiger partial charge < -0.3 is 10.1 Å². The lowest BCUT2D eigenvalue weighted by atomic mass is 10.0. The number of nitrogens with one attached hydrogen (secondary N) is 1. The van der Waals surface area contributed by atoms with Gasteiger partial charge in [0.15, 0.2) is 0 Å². The normalized spacial score (nSPS) is 23.4. The number of hydrogen-bond acceptors (Lipinski definition) is 3. The summed E-state index contributed by atoms with van der Waals surface area (Å²) in [4.78, 5) is 4.42. The summed E-state index contributed by atoms with van der Waals surface area (Å²) in [5, 5.41) is 3.49. The Bertz CT molecular complexity index is 221. The predicted octanol–water partition coefficient (Wildman–Crippen LogP) is 1.58. The van der Waals surface area contributed by atoms with Gasteiger partial charge in [0.1, 0.15) is 0 Å². The molecule has 0 atom stereocenters. The summed E-state index contributed by atoms with van der Waals surface area (Å²) < 4.78 is 5.13. The van der Waals surface area contributed by atoms with Crippen LogP contribution >= 0.6 is 0 Å². The number of amidine groups is 1. The van der Waals surface area contributed by atoms with Crippen molar-refractivity contribution in [1.29, 1.82) is 0 Å². The van der Waals surface area contributed by atoms with Crippen LogP contribution in [0.3, 0.4) is 0 Å². The Morgan fingerprint density at radius 3 is 2.93 bits per heavy atom. The second-order valence-electron chi connectivity index (χ2n) is 4.53. The van der Waals surface area contributed by atoms with Gasteiger partial charge in [0.25, 0.3) is 0 Å². The Morgan fingerprint density at radius 2 is 2.36 bits per heavy atom. The molecule has 1 fully saturated rings. The third-order valence-electron chi connectivity index (χ3n) is 3.34. The highest BCUT2D eigenvalue weighted by Gasteiger charge is 2.41. The zero-order chi connectivity index (χ0) is 9.86. The lowest BCUT2D eigenvalue weighted by Gasteiger charge is -2.16. The molecule has 0 amide bonds. The van der Waals surface area contributed by atoms with Crippen LogP contribution in [0.15, 0.2) is 4.99 Å². The number of aliphatic imine (C=N–C) groups is 1. The van der Waals surface area contributed by atoms with Gasteiger partial charge in [0.2, 0.25) is 0 Å². The molecule has 2 aliphatic rings. The van der Waals surface area contributed by atoms with E-state index in [4.69, 9.17) is 4.74 Å². The Labute approximate surface area is 85.9 Å². The molecule has 0 saturated heterocycles. The molecule has 1 N–H and O–H groups in total. The van der Waals surface area contributed by atoms with E-state index in [2.05, 4.69) is 10.3 Å². The molecule has 1 heterocycles. The SMILES string of the molecule is COCCC1(CNC2=NCCC2)CC1. The first-order chi connectivity index (χ1) is 6.85. The first-order valence-electron chi connectivity index (χ1n) is 5.61. The van der Waals surface area contributed by atoms with Crippen LogP contribution in [0.5, 0.6) is 0 Å². The Balaban J connectivity index is 1.69. The number of nitrogens with zero attached hydrogens (tertiary/aromatic N) is 1. The Morgan fingerprint density at radius 1 is 1.50 bits per heavy atom.